The fourth-order valence-corrected chi connectivity index (χ4v) is 4.54. The van der Waals surface area contributed by atoms with Crippen LogP contribution in [0.3, 0.4) is 0 Å². The van der Waals surface area contributed by atoms with Crippen LogP contribution in [-0.2, 0) is 14.8 Å². The highest BCUT2D eigenvalue weighted by molar-refractivity contribution is 9.10. The van der Waals surface area contributed by atoms with Gasteiger partial charge in [0.2, 0.25) is 0 Å². The van der Waals surface area contributed by atoms with Crippen LogP contribution in [0.15, 0.2) is 82.2 Å². The number of halogens is 2. The van der Waals surface area contributed by atoms with Crippen LogP contribution < -0.4 is 13.8 Å². The number of benzene rings is 3. The maximum absolute atomic E-state index is 13.3. The first-order valence-corrected chi connectivity index (χ1v) is 11.3. The van der Waals surface area contributed by atoms with E-state index in [0.717, 1.165) is 0 Å². The number of ether oxygens (including phenoxy) is 2. The van der Waals surface area contributed by atoms with Gasteiger partial charge in [0.1, 0.15) is 11.5 Å². The first kappa shape index (κ1) is 22.1. The summed E-state index contributed by atoms with van der Waals surface area (Å²) in [7, 11) is -2.72. The first-order valence-electron chi connectivity index (χ1n) is 8.68. The Labute approximate surface area is 188 Å². The Morgan fingerprint density at radius 2 is 1.63 bits per heavy atom. The molecule has 0 saturated heterocycles. The number of sulfonamides is 1. The minimum atomic E-state index is -4.21. The van der Waals surface area contributed by atoms with Crippen molar-refractivity contribution in [3.63, 3.8) is 0 Å². The van der Waals surface area contributed by atoms with E-state index in [0.29, 0.717) is 25.3 Å². The molecule has 0 radical (unpaired) electrons. The summed E-state index contributed by atoms with van der Waals surface area (Å²) in [5.74, 6) is 0.190. The highest BCUT2D eigenvalue weighted by Crippen LogP contribution is 2.28. The van der Waals surface area contributed by atoms with E-state index in [1.165, 1.54) is 43.5 Å². The molecule has 1 amide bonds. The molecule has 0 spiro atoms. The second-order valence-corrected chi connectivity index (χ2v) is 9.11. The first-order chi connectivity index (χ1) is 14.3. The zero-order chi connectivity index (χ0) is 21.7. The second kappa shape index (κ2) is 9.51. The number of hydrogen-bond donors (Lipinski definition) is 0. The molecule has 0 aliphatic heterocycles. The third kappa shape index (κ3) is 4.95. The summed E-state index contributed by atoms with van der Waals surface area (Å²) in [4.78, 5) is 12.9. The van der Waals surface area contributed by atoms with Crippen molar-refractivity contribution in [2.75, 3.05) is 18.0 Å². The van der Waals surface area contributed by atoms with Gasteiger partial charge in [-0.15, -0.1) is 0 Å². The third-order valence-corrected chi connectivity index (χ3v) is 6.74. The molecule has 0 aliphatic carbocycles. The molecule has 3 aromatic carbocycles. The van der Waals surface area contributed by atoms with E-state index >= 15 is 0 Å². The molecule has 0 fully saturated rings. The number of rotatable bonds is 7. The van der Waals surface area contributed by atoms with Gasteiger partial charge >= 0.3 is 0 Å². The van der Waals surface area contributed by atoms with Crippen molar-refractivity contribution in [1.82, 2.24) is 0 Å². The summed E-state index contributed by atoms with van der Waals surface area (Å²) in [6.45, 7) is -0.485. The summed E-state index contributed by atoms with van der Waals surface area (Å²) >= 11 is 9.21. The van der Waals surface area contributed by atoms with E-state index in [1.54, 1.807) is 36.4 Å². The highest BCUT2D eigenvalue weighted by Gasteiger charge is 2.31. The number of anilines is 1. The monoisotopic (exact) mass is 509 g/mol. The predicted octanol–water partition coefficient (Wildman–Crippen LogP) is 4.91. The van der Waals surface area contributed by atoms with Gasteiger partial charge in [0.05, 0.1) is 22.2 Å². The van der Waals surface area contributed by atoms with Gasteiger partial charge in [0.25, 0.3) is 15.9 Å². The zero-order valence-corrected chi connectivity index (χ0v) is 18.9. The molecule has 156 valence electrons. The van der Waals surface area contributed by atoms with E-state index in [4.69, 9.17) is 21.1 Å². The van der Waals surface area contributed by atoms with Gasteiger partial charge in [0, 0.05) is 5.02 Å². The van der Waals surface area contributed by atoms with E-state index in [2.05, 4.69) is 15.9 Å². The van der Waals surface area contributed by atoms with Gasteiger partial charge in [0.15, 0.2) is 6.61 Å². The number of para-hydroxylation sites is 1. The van der Waals surface area contributed by atoms with Crippen molar-refractivity contribution in [3.05, 3.63) is 82.3 Å². The Balaban J connectivity index is 1.97. The van der Waals surface area contributed by atoms with Gasteiger partial charge in [-0.25, -0.2) is 8.42 Å². The molecule has 6 nitrogen and oxygen atoms in total. The molecular formula is C21H17BrClNO5S. The van der Waals surface area contributed by atoms with Gasteiger partial charge in [-0.1, -0.05) is 23.7 Å². The topological polar surface area (TPSA) is 72.9 Å². The van der Waals surface area contributed by atoms with E-state index in [1.807, 2.05) is 0 Å². The van der Waals surface area contributed by atoms with Gasteiger partial charge in [-0.05, 0) is 76.6 Å². The fraction of sp³-hybridized carbons (Fsp3) is 0.0952. The van der Waals surface area contributed by atoms with E-state index < -0.39 is 22.5 Å². The van der Waals surface area contributed by atoms with Crippen LogP contribution >= 0.6 is 27.5 Å². The Bertz CT molecular complexity index is 1130. The van der Waals surface area contributed by atoms with E-state index in [9.17, 15) is 13.2 Å². The molecule has 30 heavy (non-hydrogen) atoms. The van der Waals surface area contributed by atoms with Crippen molar-refractivity contribution in [1.29, 1.82) is 0 Å². The smallest absolute Gasteiger partial charge is 0.278 e. The van der Waals surface area contributed by atoms with Crippen molar-refractivity contribution in [2.45, 2.75) is 4.90 Å². The summed E-state index contributed by atoms with van der Waals surface area (Å²) in [5.41, 5.74) is 0.159. The van der Waals surface area contributed by atoms with Crippen molar-refractivity contribution < 1.29 is 22.7 Å². The summed E-state index contributed by atoms with van der Waals surface area (Å²) in [6.07, 6.45) is 0. The number of amides is 1. The number of methoxy groups -OCH3 is 1. The Morgan fingerprint density at radius 3 is 2.23 bits per heavy atom. The van der Waals surface area contributed by atoms with Crippen LogP contribution in [0.25, 0.3) is 0 Å². The summed E-state index contributed by atoms with van der Waals surface area (Å²) in [6, 6.07) is 18.7. The average Bonchev–Trinajstić information content (AvgIpc) is 2.74. The van der Waals surface area contributed by atoms with Crippen LogP contribution in [0, 0.1) is 0 Å². The molecule has 0 N–H and O–H groups in total. The normalized spacial score (nSPS) is 11.0. The maximum atomic E-state index is 13.3. The number of carbonyl (C=O) groups excluding carboxylic acids is 1. The molecular weight excluding hydrogens is 494 g/mol. The van der Waals surface area contributed by atoms with Crippen molar-refractivity contribution >= 4 is 49.1 Å². The molecule has 3 rings (SSSR count). The molecule has 0 bridgehead atoms. The molecule has 9 heteroatoms. The second-order valence-electron chi connectivity index (χ2n) is 6.03. The fourth-order valence-electron chi connectivity index (χ4n) is 2.61. The number of nitrogens with zero attached hydrogens (tertiary/aromatic N) is 1. The lowest BCUT2D eigenvalue weighted by molar-refractivity contribution is -0.119. The molecule has 3 aromatic rings. The molecule has 0 aliphatic rings. The minimum absolute atomic E-state index is 0.0723. The number of carbonyl (C=O) groups is 1. The largest absolute Gasteiger partial charge is 0.497 e. The van der Waals surface area contributed by atoms with E-state index in [-0.39, 0.29) is 10.6 Å². The quantitative estimate of drug-likeness (QED) is 0.451. The standard InChI is InChI=1S/C21H17BrClNO5S/c1-28-17-10-8-16(9-11-17)24(30(26,27)18-12-6-15(23)7-13-18)21(25)14-29-20-5-3-2-4-19(20)22/h2-13H,14H2,1H3. The summed E-state index contributed by atoms with van der Waals surface area (Å²) < 4.78 is 38.6. The lowest BCUT2D eigenvalue weighted by atomic mass is 10.3. The lowest BCUT2D eigenvalue weighted by Crippen LogP contribution is -2.40. The Hall–Kier alpha value is -2.55. The molecule has 0 atom stereocenters. The van der Waals surface area contributed by atoms with Crippen LogP contribution in [0.1, 0.15) is 0 Å². The van der Waals surface area contributed by atoms with Crippen LogP contribution in [0.4, 0.5) is 5.69 Å². The van der Waals surface area contributed by atoms with Gasteiger partial charge in [-0.2, -0.15) is 4.31 Å². The lowest BCUT2D eigenvalue weighted by Gasteiger charge is -2.23. The average molecular weight is 511 g/mol. The molecule has 0 saturated carbocycles. The summed E-state index contributed by atoms with van der Waals surface area (Å²) in [5, 5.41) is 0.383. The van der Waals surface area contributed by atoms with Crippen LogP contribution in [0.2, 0.25) is 5.02 Å². The van der Waals surface area contributed by atoms with Crippen LogP contribution in [-0.4, -0.2) is 28.0 Å². The molecule has 0 aromatic heterocycles. The van der Waals surface area contributed by atoms with Gasteiger partial charge < -0.3 is 9.47 Å². The van der Waals surface area contributed by atoms with Crippen molar-refractivity contribution in [2.24, 2.45) is 0 Å². The SMILES string of the molecule is COc1ccc(N(C(=O)COc2ccccc2Br)S(=O)(=O)c2ccc(Cl)cc2)cc1. The molecule has 0 heterocycles. The predicted molar refractivity (Wildman–Crippen MR) is 119 cm³/mol. The third-order valence-electron chi connectivity index (χ3n) is 4.07. The minimum Gasteiger partial charge on any atom is -0.497 e. The van der Waals surface area contributed by atoms with Crippen molar-refractivity contribution in [3.8, 4) is 11.5 Å². The Kier molecular flexibility index (Phi) is 7.02. The highest BCUT2D eigenvalue weighted by atomic mass is 79.9. The van der Waals surface area contributed by atoms with Gasteiger partial charge in [-0.3, -0.25) is 4.79 Å². The number of hydrogen-bond acceptors (Lipinski definition) is 5. The molecule has 0 unspecified atom stereocenters. The maximum Gasteiger partial charge on any atom is 0.278 e. The van der Waals surface area contributed by atoms with Crippen LogP contribution in [0.5, 0.6) is 11.5 Å². The zero-order valence-electron chi connectivity index (χ0n) is 15.8. The Morgan fingerprint density at radius 1 is 1.00 bits per heavy atom.